The van der Waals surface area contributed by atoms with Gasteiger partial charge in [-0.1, -0.05) is 6.92 Å². The lowest BCUT2D eigenvalue weighted by molar-refractivity contribution is -0.129. The van der Waals surface area contributed by atoms with Crippen LogP contribution < -0.4 is 5.73 Å². The van der Waals surface area contributed by atoms with Crippen LogP contribution in [-0.2, 0) is 14.6 Å². The van der Waals surface area contributed by atoms with E-state index in [1.807, 2.05) is 0 Å². The van der Waals surface area contributed by atoms with Crippen LogP contribution in [0.2, 0.25) is 0 Å². The minimum absolute atomic E-state index is 0.0602. The zero-order valence-corrected chi connectivity index (χ0v) is 10.2. The topological polar surface area (TPSA) is 80.5 Å². The summed E-state index contributed by atoms with van der Waals surface area (Å²) in [6, 6.07) is 0. The minimum atomic E-state index is -3.04. The SMILES string of the molecule is CCS(=O)(=O)CCC(=O)N(C)CCCN. The Balaban J connectivity index is 3.93. The summed E-state index contributed by atoms with van der Waals surface area (Å²) in [4.78, 5) is 13.0. The molecule has 0 bridgehead atoms. The Morgan fingerprint density at radius 1 is 1.40 bits per heavy atom. The fourth-order valence-electron chi connectivity index (χ4n) is 1.03. The molecule has 15 heavy (non-hydrogen) atoms. The number of hydrogen-bond acceptors (Lipinski definition) is 4. The molecule has 0 atom stereocenters. The van der Waals surface area contributed by atoms with E-state index in [4.69, 9.17) is 5.73 Å². The van der Waals surface area contributed by atoms with Crippen LogP contribution in [0.1, 0.15) is 19.8 Å². The van der Waals surface area contributed by atoms with Crippen molar-refractivity contribution >= 4 is 15.7 Å². The van der Waals surface area contributed by atoms with E-state index in [9.17, 15) is 13.2 Å². The van der Waals surface area contributed by atoms with E-state index in [1.54, 1.807) is 14.0 Å². The largest absolute Gasteiger partial charge is 0.346 e. The maximum absolute atomic E-state index is 11.4. The van der Waals surface area contributed by atoms with Gasteiger partial charge in [-0.25, -0.2) is 8.42 Å². The molecule has 0 aliphatic rings. The first-order valence-corrected chi connectivity index (χ1v) is 6.89. The molecule has 0 fully saturated rings. The molecule has 0 saturated heterocycles. The number of hydrogen-bond donors (Lipinski definition) is 1. The van der Waals surface area contributed by atoms with Gasteiger partial charge in [-0.05, 0) is 13.0 Å². The van der Waals surface area contributed by atoms with Crippen LogP contribution >= 0.6 is 0 Å². The highest BCUT2D eigenvalue weighted by molar-refractivity contribution is 7.91. The first-order valence-electron chi connectivity index (χ1n) is 5.07. The summed E-state index contributed by atoms with van der Waals surface area (Å²) in [7, 11) is -1.38. The molecule has 0 saturated carbocycles. The van der Waals surface area contributed by atoms with Crippen LogP contribution in [0.5, 0.6) is 0 Å². The van der Waals surface area contributed by atoms with Gasteiger partial charge in [-0.2, -0.15) is 0 Å². The molecule has 0 heterocycles. The van der Waals surface area contributed by atoms with Crippen molar-refractivity contribution < 1.29 is 13.2 Å². The van der Waals surface area contributed by atoms with Crippen LogP contribution in [-0.4, -0.2) is 50.9 Å². The first kappa shape index (κ1) is 14.4. The van der Waals surface area contributed by atoms with Crippen molar-refractivity contribution in [3.8, 4) is 0 Å². The quantitative estimate of drug-likeness (QED) is 0.653. The van der Waals surface area contributed by atoms with Crippen molar-refractivity contribution in [2.45, 2.75) is 19.8 Å². The number of carbonyl (C=O) groups is 1. The molecule has 0 aromatic rings. The van der Waals surface area contributed by atoms with Crippen molar-refractivity contribution in [3.63, 3.8) is 0 Å². The lowest BCUT2D eigenvalue weighted by Gasteiger charge is -2.16. The zero-order valence-electron chi connectivity index (χ0n) is 9.40. The van der Waals surface area contributed by atoms with E-state index in [0.29, 0.717) is 13.1 Å². The van der Waals surface area contributed by atoms with Gasteiger partial charge in [0.05, 0.1) is 5.75 Å². The average Bonchev–Trinajstić information content (AvgIpc) is 2.22. The number of nitrogens with zero attached hydrogens (tertiary/aromatic N) is 1. The Bertz CT molecular complexity index is 288. The van der Waals surface area contributed by atoms with Crippen molar-refractivity contribution in [2.75, 3.05) is 31.6 Å². The second kappa shape index (κ2) is 6.79. The van der Waals surface area contributed by atoms with Crippen molar-refractivity contribution in [1.82, 2.24) is 4.90 Å². The van der Waals surface area contributed by atoms with Gasteiger partial charge in [0.25, 0.3) is 0 Å². The fraction of sp³-hybridized carbons (Fsp3) is 0.889. The summed E-state index contributed by atoms with van der Waals surface area (Å²) in [5.74, 6) is -0.109. The number of carbonyl (C=O) groups excluding carboxylic acids is 1. The summed E-state index contributed by atoms with van der Waals surface area (Å²) in [5, 5.41) is 0. The third kappa shape index (κ3) is 6.46. The number of amides is 1. The maximum Gasteiger partial charge on any atom is 0.223 e. The molecule has 0 aromatic heterocycles. The van der Waals surface area contributed by atoms with Crippen LogP contribution in [0.3, 0.4) is 0 Å². The fourth-order valence-corrected chi connectivity index (χ4v) is 1.81. The molecule has 6 heteroatoms. The van der Waals surface area contributed by atoms with E-state index < -0.39 is 9.84 Å². The summed E-state index contributed by atoms with van der Waals surface area (Å²) in [6.07, 6.45) is 0.806. The molecular formula is C9H20N2O3S. The summed E-state index contributed by atoms with van der Waals surface area (Å²) in [6.45, 7) is 2.70. The predicted molar refractivity (Wildman–Crippen MR) is 60.3 cm³/mol. The molecule has 0 radical (unpaired) electrons. The summed E-state index contributed by atoms with van der Waals surface area (Å²) >= 11 is 0. The van der Waals surface area contributed by atoms with E-state index in [-0.39, 0.29) is 23.8 Å². The molecule has 90 valence electrons. The Labute approximate surface area is 91.5 Å². The predicted octanol–water partition coefficient (Wildman–Crippen LogP) is -0.382. The van der Waals surface area contributed by atoms with E-state index in [1.165, 1.54) is 4.90 Å². The lowest BCUT2D eigenvalue weighted by Crippen LogP contribution is -2.30. The van der Waals surface area contributed by atoms with Gasteiger partial charge in [0.15, 0.2) is 9.84 Å². The molecule has 5 nitrogen and oxygen atoms in total. The van der Waals surface area contributed by atoms with Crippen molar-refractivity contribution in [3.05, 3.63) is 0 Å². The van der Waals surface area contributed by atoms with Gasteiger partial charge in [-0.3, -0.25) is 4.79 Å². The number of rotatable bonds is 7. The second-order valence-corrected chi connectivity index (χ2v) is 5.92. The molecule has 1 amide bonds. The molecule has 0 spiro atoms. The number of sulfone groups is 1. The third-order valence-corrected chi connectivity index (χ3v) is 3.90. The van der Waals surface area contributed by atoms with Gasteiger partial charge >= 0.3 is 0 Å². The van der Waals surface area contributed by atoms with Crippen molar-refractivity contribution in [2.24, 2.45) is 5.73 Å². The maximum atomic E-state index is 11.4. The molecule has 0 aromatic carbocycles. The first-order chi connectivity index (χ1) is 6.93. The van der Waals surface area contributed by atoms with E-state index >= 15 is 0 Å². The monoisotopic (exact) mass is 236 g/mol. The van der Waals surface area contributed by atoms with Gasteiger partial charge in [0.1, 0.15) is 0 Å². The van der Waals surface area contributed by atoms with Crippen LogP contribution in [0.15, 0.2) is 0 Å². The average molecular weight is 236 g/mol. The number of nitrogens with two attached hydrogens (primary N) is 1. The van der Waals surface area contributed by atoms with Gasteiger partial charge in [0.2, 0.25) is 5.91 Å². The summed E-state index contributed by atoms with van der Waals surface area (Å²) in [5.41, 5.74) is 5.31. The van der Waals surface area contributed by atoms with E-state index in [0.717, 1.165) is 6.42 Å². The Morgan fingerprint density at radius 2 is 2.00 bits per heavy atom. The Kier molecular flexibility index (Phi) is 6.51. The van der Waals surface area contributed by atoms with Gasteiger partial charge < -0.3 is 10.6 Å². The molecule has 0 aliphatic heterocycles. The highest BCUT2D eigenvalue weighted by atomic mass is 32.2. The highest BCUT2D eigenvalue weighted by Crippen LogP contribution is 1.98. The molecule has 0 aliphatic carbocycles. The standard InChI is InChI=1S/C9H20N2O3S/c1-3-15(13,14)8-5-9(12)11(2)7-4-6-10/h3-8,10H2,1-2H3. The van der Waals surface area contributed by atoms with Crippen LogP contribution in [0.4, 0.5) is 0 Å². The molecular weight excluding hydrogens is 216 g/mol. The summed E-state index contributed by atoms with van der Waals surface area (Å²) < 4.78 is 22.3. The zero-order chi connectivity index (χ0) is 11.9. The van der Waals surface area contributed by atoms with Crippen LogP contribution in [0, 0.1) is 0 Å². The normalized spacial score (nSPS) is 11.4. The third-order valence-electron chi connectivity index (χ3n) is 2.19. The van der Waals surface area contributed by atoms with Gasteiger partial charge in [-0.15, -0.1) is 0 Å². The van der Waals surface area contributed by atoms with E-state index in [2.05, 4.69) is 0 Å². The smallest absolute Gasteiger partial charge is 0.223 e. The molecule has 0 rings (SSSR count). The minimum Gasteiger partial charge on any atom is -0.346 e. The second-order valence-electron chi connectivity index (χ2n) is 3.44. The Hall–Kier alpha value is -0.620. The van der Waals surface area contributed by atoms with Crippen molar-refractivity contribution in [1.29, 1.82) is 0 Å². The van der Waals surface area contributed by atoms with Crippen LogP contribution in [0.25, 0.3) is 0 Å². The molecule has 0 unspecified atom stereocenters. The molecule has 2 N–H and O–H groups in total. The lowest BCUT2D eigenvalue weighted by atomic mass is 10.3. The Morgan fingerprint density at radius 3 is 2.47 bits per heavy atom. The van der Waals surface area contributed by atoms with Gasteiger partial charge in [0, 0.05) is 25.8 Å². The highest BCUT2D eigenvalue weighted by Gasteiger charge is 2.13.